The number of carbonyl (C=O) groups excluding carboxylic acids is 1. The molecule has 2 aromatic rings. The van der Waals surface area contributed by atoms with Crippen LogP contribution >= 0.6 is 0 Å². The fourth-order valence-corrected chi connectivity index (χ4v) is 6.11. The van der Waals surface area contributed by atoms with Crippen molar-refractivity contribution in [2.24, 2.45) is 0 Å². The molecule has 1 amide bonds. The standard InChI is InChI=1S/C24H27N3O5S/c1-25-12-21(17-5-3-2-4-6-17)24(28)26-13-18-15-27(16-19(18)14-26)33(29,30)20-7-8-22-23(11-20)32-10-9-31-22/h2-8,11,21,25H,9-10,12-16H2,1H3/t21-/m0/s1. The van der Waals surface area contributed by atoms with Gasteiger partial charge < -0.3 is 19.7 Å². The van der Waals surface area contributed by atoms with Crippen molar-refractivity contribution in [1.29, 1.82) is 0 Å². The van der Waals surface area contributed by atoms with Gasteiger partial charge in [-0.2, -0.15) is 4.31 Å². The maximum absolute atomic E-state index is 13.3. The number of nitrogens with one attached hydrogen (secondary N) is 1. The summed E-state index contributed by atoms with van der Waals surface area (Å²) in [6.07, 6.45) is 0. The van der Waals surface area contributed by atoms with E-state index in [0.29, 0.717) is 57.4 Å². The first kappa shape index (κ1) is 21.9. The second-order valence-electron chi connectivity index (χ2n) is 8.50. The molecule has 0 radical (unpaired) electrons. The summed E-state index contributed by atoms with van der Waals surface area (Å²) in [4.78, 5) is 15.3. The lowest BCUT2D eigenvalue weighted by Gasteiger charge is -2.27. The molecule has 3 aliphatic rings. The summed E-state index contributed by atoms with van der Waals surface area (Å²) in [6.45, 7) is 2.95. The van der Waals surface area contributed by atoms with Crippen LogP contribution in [0, 0.1) is 0 Å². The number of sulfonamides is 1. The molecule has 0 bridgehead atoms. The molecule has 0 saturated carbocycles. The summed E-state index contributed by atoms with van der Waals surface area (Å²) < 4.78 is 39.0. The smallest absolute Gasteiger partial charge is 0.243 e. The summed E-state index contributed by atoms with van der Waals surface area (Å²) in [5.41, 5.74) is 3.01. The van der Waals surface area contributed by atoms with Gasteiger partial charge in [-0.05, 0) is 35.9 Å². The normalized spacial score (nSPS) is 19.0. The third-order valence-electron chi connectivity index (χ3n) is 6.37. The first-order chi connectivity index (χ1) is 16.0. The van der Waals surface area contributed by atoms with Gasteiger partial charge in [0.2, 0.25) is 15.9 Å². The summed E-state index contributed by atoms with van der Waals surface area (Å²) in [6, 6.07) is 14.5. The van der Waals surface area contributed by atoms with Crippen molar-refractivity contribution in [3.63, 3.8) is 0 Å². The van der Waals surface area contributed by atoms with Crippen molar-refractivity contribution in [1.82, 2.24) is 14.5 Å². The Morgan fingerprint density at radius 3 is 2.30 bits per heavy atom. The molecule has 0 aliphatic carbocycles. The zero-order chi connectivity index (χ0) is 23.0. The van der Waals surface area contributed by atoms with E-state index < -0.39 is 10.0 Å². The van der Waals surface area contributed by atoms with Gasteiger partial charge in [0.15, 0.2) is 11.5 Å². The van der Waals surface area contributed by atoms with Crippen LogP contribution in [0.15, 0.2) is 64.6 Å². The highest BCUT2D eigenvalue weighted by Gasteiger charge is 2.39. The summed E-state index contributed by atoms with van der Waals surface area (Å²) in [7, 11) is -1.84. The number of rotatable bonds is 6. The minimum absolute atomic E-state index is 0.0613. The Balaban J connectivity index is 1.27. The summed E-state index contributed by atoms with van der Waals surface area (Å²) in [5.74, 6) is 0.807. The van der Waals surface area contributed by atoms with E-state index in [2.05, 4.69) is 5.32 Å². The number of nitrogens with zero attached hydrogens (tertiary/aromatic N) is 2. The Labute approximate surface area is 193 Å². The predicted octanol–water partition coefficient (Wildman–Crippen LogP) is 1.60. The molecule has 33 heavy (non-hydrogen) atoms. The van der Waals surface area contributed by atoms with Gasteiger partial charge in [0, 0.05) is 38.8 Å². The molecule has 0 fully saturated rings. The highest BCUT2D eigenvalue weighted by molar-refractivity contribution is 7.89. The molecular weight excluding hydrogens is 442 g/mol. The molecule has 1 N–H and O–H groups in total. The zero-order valence-electron chi connectivity index (χ0n) is 18.5. The molecular formula is C24H27N3O5S. The quantitative estimate of drug-likeness (QED) is 0.647. The fourth-order valence-electron chi connectivity index (χ4n) is 4.66. The van der Waals surface area contributed by atoms with Gasteiger partial charge in [-0.1, -0.05) is 30.3 Å². The third-order valence-corrected chi connectivity index (χ3v) is 8.16. The number of likely N-dealkylation sites (N-methyl/N-ethyl adjacent to an activating group) is 1. The lowest BCUT2D eigenvalue weighted by Crippen LogP contribution is -2.40. The predicted molar refractivity (Wildman–Crippen MR) is 123 cm³/mol. The molecule has 3 aliphatic heterocycles. The second-order valence-corrected chi connectivity index (χ2v) is 10.4. The highest BCUT2D eigenvalue weighted by Crippen LogP contribution is 2.36. The Hall–Kier alpha value is -2.88. The van der Waals surface area contributed by atoms with E-state index in [0.717, 1.165) is 16.7 Å². The van der Waals surface area contributed by atoms with Crippen LogP contribution in [0.5, 0.6) is 11.5 Å². The van der Waals surface area contributed by atoms with E-state index in [1.165, 1.54) is 10.4 Å². The molecule has 3 heterocycles. The number of benzene rings is 2. The third kappa shape index (κ3) is 4.12. The van der Waals surface area contributed by atoms with Crippen LogP contribution in [0.2, 0.25) is 0 Å². The Kier molecular flexibility index (Phi) is 5.86. The van der Waals surface area contributed by atoms with Crippen LogP contribution in [-0.4, -0.2) is 76.5 Å². The van der Waals surface area contributed by atoms with Crippen molar-refractivity contribution in [3.05, 3.63) is 65.2 Å². The van der Waals surface area contributed by atoms with E-state index in [1.54, 1.807) is 12.1 Å². The number of fused-ring (bicyclic) bond motifs is 1. The van der Waals surface area contributed by atoms with Crippen molar-refractivity contribution in [3.8, 4) is 11.5 Å². The van der Waals surface area contributed by atoms with Gasteiger partial charge in [-0.3, -0.25) is 4.79 Å². The van der Waals surface area contributed by atoms with Gasteiger partial charge >= 0.3 is 0 Å². The molecule has 0 saturated heterocycles. The first-order valence-electron chi connectivity index (χ1n) is 11.1. The zero-order valence-corrected chi connectivity index (χ0v) is 19.3. The summed E-state index contributed by atoms with van der Waals surface area (Å²) >= 11 is 0. The fraction of sp³-hybridized carbons (Fsp3) is 0.375. The van der Waals surface area contributed by atoms with E-state index in [-0.39, 0.29) is 16.7 Å². The lowest BCUT2D eigenvalue weighted by atomic mass is 9.97. The van der Waals surface area contributed by atoms with Crippen molar-refractivity contribution < 1.29 is 22.7 Å². The van der Waals surface area contributed by atoms with Crippen LogP contribution < -0.4 is 14.8 Å². The number of carbonyl (C=O) groups is 1. The van der Waals surface area contributed by atoms with E-state index in [1.807, 2.05) is 42.3 Å². The van der Waals surface area contributed by atoms with Crippen LogP contribution in [-0.2, 0) is 14.8 Å². The van der Waals surface area contributed by atoms with Crippen LogP contribution in [0.4, 0.5) is 0 Å². The molecule has 0 aromatic heterocycles. The number of ether oxygens (including phenoxy) is 2. The average molecular weight is 470 g/mol. The molecule has 174 valence electrons. The Bertz CT molecular complexity index is 1180. The molecule has 8 nitrogen and oxygen atoms in total. The van der Waals surface area contributed by atoms with Crippen LogP contribution in [0.1, 0.15) is 11.5 Å². The van der Waals surface area contributed by atoms with Crippen LogP contribution in [0.25, 0.3) is 0 Å². The van der Waals surface area contributed by atoms with Gasteiger partial charge in [-0.15, -0.1) is 0 Å². The Morgan fingerprint density at radius 2 is 1.64 bits per heavy atom. The van der Waals surface area contributed by atoms with E-state index in [4.69, 9.17) is 9.47 Å². The second kappa shape index (κ2) is 8.81. The molecule has 0 spiro atoms. The maximum Gasteiger partial charge on any atom is 0.243 e. The SMILES string of the molecule is CNC[C@H](C(=O)N1CC2=C(C1)CN(S(=O)(=O)c1ccc3c(c1)OCCO3)C2)c1ccccc1. The largest absolute Gasteiger partial charge is 0.486 e. The maximum atomic E-state index is 13.3. The monoisotopic (exact) mass is 469 g/mol. The molecule has 9 heteroatoms. The van der Waals surface area contributed by atoms with Gasteiger partial charge in [0.1, 0.15) is 13.2 Å². The van der Waals surface area contributed by atoms with Crippen molar-refractivity contribution in [2.75, 3.05) is 53.0 Å². The van der Waals surface area contributed by atoms with Crippen molar-refractivity contribution in [2.45, 2.75) is 10.8 Å². The van der Waals surface area contributed by atoms with E-state index >= 15 is 0 Å². The average Bonchev–Trinajstić information content (AvgIpc) is 3.42. The van der Waals surface area contributed by atoms with Crippen LogP contribution in [0.3, 0.4) is 0 Å². The van der Waals surface area contributed by atoms with E-state index in [9.17, 15) is 13.2 Å². The van der Waals surface area contributed by atoms with Gasteiger partial charge in [0.25, 0.3) is 0 Å². The highest BCUT2D eigenvalue weighted by atomic mass is 32.2. The topological polar surface area (TPSA) is 88.2 Å². The summed E-state index contributed by atoms with van der Waals surface area (Å²) in [5, 5.41) is 3.12. The molecule has 2 aromatic carbocycles. The number of hydrogen-bond donors (Lipinski definition) is 1. The lowest BCUT2D eigenvalue weighted by molar-refractivity contribution is -0.131. The Morgan fingerprint density at radius 1 is 0.970 bits per heavy atom. The van der Waals surface area contributed by atoms with Gasteiger partial charge in [0.05, 0.1) is 10.8 Å². The first-order valence-corrected chi connectivity index (χ1v) is 12.5. The van der Waals surface area contributed by atoms with Crippen molar-refractivity contribution >= 4 is 15.9 Å². The van der Waals surface area contributed by atoms with Gasteiger partial charge in [-0.25, -0.2) is 8.42 Å². The molecule has 1 atom stereocenters. The minimum atomic E-state index is -3.68. The minimum Gasteiger partial charge on any atom is -0.486 e. The molecule has 5 rings (SSSR count). The number of hydrogen-bond acceptors (Lipinski definition) is 6. The molecule has 0 unspecified atom stereocenters. The number of amides is 1.